The molecular weight excluding hydrogens is 86.1 g/mol. The minimum atomic E-state index is 0.210. The molecule has 0 aliphatic carbocycles. The highest BCUT2D eigenvalue weighted by atomic mass is 15.2. The van der Waals surface area contributed by atoms with Gasteiger partial charge >= 0.3 is 0 Å². The van der Waals surface area contributed by atoms with Crippen LogP contribution in [0, 0.1) is 0 Å². The summed E-state index contributed by atoms with van der Waals surface area (Å²) in [5.74, 6) is 0. The molecule has 1 heteroatoms. The van der Waals surface area contributed by atoms with Gasteiger partial charge in [0.2, 0.25) is 0 Å². The molecule has 7 heavy (non-hydrogen) atoms. The summed E-state index contributed by atoms with van der Waals surface area (Å²) in [7, 11) is 0. The van der Waals surface area contributed by atoms with Crippen molar-refractivity contribution in [2.45, 2.75) is 19.4 Å². The fourth-order valence-corrected chi connectivity index (χ4v) is 0.546. The maximum Gasteiger partial charge on any atom is 0.0793 e. The van der Waals surface area contributed by atoms with Gasteiger partial charge in [0.05, 0.1) is 11.2 Å². The highest BCUT2D eigenvalue weighted by Gasteiger charge is 2.37. The molecule has 0 saturated carbocycles. The SMILES string of the molecule is C=C=C1NC1(C)C. The molecule has 1 saturated heterocycles. The molecule has 1 fully saturated rings. The molecule has 0 unspecified atom stereocenters. The van der Waals surface area contributed by atoms with E-state index in [4.69, 9.17) is 0 Å². The number of rotatable bonds is 0. The van der Waals surface area contributed by atoms with Gasteiger partial charge < -0.3 is 5.32 Å². The van der Waals surface area contributed by atoms with E-state index in [1.165, 1.54) is 0 Å². The summed E-state index contributed by atoms with van der Waals surface area (Å²) in [4.78, 5) is 0. The molecular formula is C6H9N. The maximum absolute atomic E-state index is 3.49. The number of hydrogen-bond donors (Lipinski definition) is 1. The lowest BCUT2D eigenvalue weighted by molar-refractivity contribution is 0.795. The first-order valence-electron chi connectivity index (χ1n) is 2.35. The zero-order valence-corrected chi connectivity index (χ0v) is 4.71. The molecule has 38 valence electrons. The third-order valence-corrected chi connectivity index (χ3v) is 1.18. The summed E-state index contributed by atoms with van der Waals surface area (Å²) in [5.41, 5.74) is 4.13. The lowest BCUT2D eigenvalue weighted by atomic mass is 10.2. The van der Waals surface area contributed by atoms with E-state index in [2.05, 4.69) is 31.5 Å². The van der Waals surface area contributed by atoms with Crippen molar-refractivity contribution in [2.75, 3.05) is 0 Å². The van der Waals surface area contributed by atoms with Crippen LogP contribution < -0.4 is 5.32 Å². The summed E-state index contributed by atoms with van der Waals surface area (Å²) >= 11 is 0. The van der Waals surface area contributed by atoms with Crippen molar-refractivity contribution in [3.05, 3.63) is 18.0 Å². The second-order valence-electron chi connectivity index (χ2n) is 2.30. The molecule has 1 rings (SSSR count). The van der Waals surface area contributed by atoms with Gasteiger partial charge in [-0.1, -0.05) is 6.58 Å². The predicted octanol–water partition coefficient (Wildman–Crippen LogP) is 1.04. The number of nitrogens with one attached hydrogen (secondary N) is 1. The fourth-order valence-electron chi connectivity index (χ4n) is 0.546. The Morgan fingerprint density at radius 3 is 2.14 bits per heavy atom. The zero-order valence-electron chi connectivity index (χ0n) is 4.71. The predicted molar refractivity (Wildman–Crippen MR) is 29.9 cm³/mol. The van der Waals surface area contributed by atoms with Crippen LogP contribution in [0.1, 0.15) is 13.8 Å². The summed E-state index contributed by atoms with van der Waals surface area (Å²) in [6, 6.07) is 0. The monoisotopic (exact) mass is 95.1 g/mol. The van der Waals surface area contributed by atoms with E-state index in [1.54, 1.807) is 0 Å². The molecule has 1 heterocycles. The van der Waals surface area contributed by atoms with Gasteiger partial charge in [0.1, 0.15) is 0 Å². The number of hydrogen-bond acceptors (Lipinski definition) is 1. The molecule has 0 aromatic heterocycles. The van der Waals surface area contributed by atoms with E-state index >= 15 is 0 Å². The Balaban J connectivity index is 2.79. The van der Waals surface area contributed by atoms with Crippen LogP contribution in [0.15, 0.2) is 18.0 Å². The van der Waals surface area contributed by atoms with E-state index < -0.39 is 0 Å². The normalized spacial score (nSPS) is 22.9. The zero-order chi connectivity index (χ0) is 5.49. The average Bonchev–Trinajstić information content (AvgIpc) is 2.13. The van der Waals surface area contributed by atoms with Gasteiger partial charge in [-0.15, -0.1) is 5.73 Å². The summed E-state index contributed by atoms with van der Waals surface area (Å²) in [6.07, 6.45) is 0. The molecule has 0 radical (unpaired) electrons. The van der Waals surface area contributed by atoms with Crippen LogP contribution in [0.25, 0.3) is 0 Å². The molecule has 1 aliphatic heterocycles. The van der Waals surface area contributed by atoms with E-state index in [-0.39, 0.29) is 5.54 Å². The maximum atomic E-state index is 3.49. The van der Waals surface area contributed by atoms with Crippen LogP contribution >= 0.6 is 0 Å². The topological polar surface area (TPSA) is 21.9 Å². The van der Waals surface area contributed by atoms with E-state index in [1.807, 2.05) is 0 Å². The molecule has 0 aromatic carbocycles. The largest absolute Gasteiger partial charge is 0.369 e. The van der Waals surface area contributed by atoms with Gasteiger partial charge in [-0.25, -0.2) is 0 Å². The van der Waals surface area contributed by atoms with Crippen molar-refractivity contribution >= 4 is 0 Å². The standard InChI is InChI=1S/C6H9N/c1-4-5-6(2,3)7-5/h7H,1H2,2-3H3. The van der Waals surface area contributed by atoms with Crippen LogP contribution in [-0.2, 0) is 0 Å². The van der Waals surface area contributed by atoms with Crippen molar-refractivity contribution < 1.29 is 0 Å². The first kappa shape index (κ1) is 4.48. The first-order valence-corrected chi connectivity index (χ1v) is 2.35. The Bertz CT molecular complexity index is 138. The van der Waals surface area contributed by atoms with Crippen molar-refractivity contribution in [3.63, 3.8) is 0 Å². The molecule has 0 atom stereocenters. The van der Waals surface area contributed by atoms with Gasteiger partial charge in [-0.3, -0.25) is 0 Å². The first-order chi connectivity index (χ1) is 3.17. The quantitative estimate of drug-likeness (QED) is 0.352. The van der Waals surface area contributed by atoms with Crippen LogP contribution in [0.5, 0.6) is 0 Å². The Kier molecular flexibility index (Phi) is 0.596. The van der Waals surface area contributed by atoms with E-state index in [0.29, 0.717) is 0 Å². The smallest absolute Gasteiger partial charge is 0.0793 e. The Morgan fingerprint density at radius 2 is 2.14 bits per heavy atom. The second kappa shape index (κ2) is 0.932. The van der Waals surface area contributed by atoms with Gasteiger partial charge in [0.15, 0.2) is 0 Å². The van der Waals surface area contributed by atoms with Crippen molar-refractivity contribution in [1.82, 2.24) is 5.32 Å². The minimum absolute atomic E-state index is 0.210. The summed E-state index contributed by atoms with van der Waals surface area (Å²) in [6.45, 7) is 7.69. The molecule has 0 amide bonds. The lowest BCUT2D eigenvalue weighted by Crippen LogP contribution is -1.98. The third kappa shape index (κ3) is 0.551. The van der Waals surface area contributed by atoms with Gasteiger partial charge in [-0.05, 0) is 13.8 Å². The third-order valence-electron chi connectivity index (χ3n) is 1.18. The fraction of sp³-hybridized carbons (Fsp3) is 0.500. The minimum Gasteiger partial charge on any atom is -0.369 e. The molecule has 1 nitrogen and oxygen atoms in total. The molecule has 1 N–H and O–H groups in total. The second-order valence-corrected chi connectivity index (χ2v) is 2.30. The van der Waals surface area contributed by atoms with Crippen LogP contribution in [0.4, 0.5) is 0 Å². The van der Waals surface area contributed by atoms with E-state index in [9.17, 15) is 0 Å². The Hall–Kier alpha value is -0.680. The molecule has 0 aromatic rings. The molecule has 0 bridgehead atoms. The van der Waals surface area contributed by atoms with Crippen LogP contribution in [0.3, 0.4) is 0 Å². The van der Waals surface area contributed by atoms with Gasteiger partial charge in [0, 0.05) is 0 Å². The van der Waals surface area contributed by atoms with Crippen molar-refractivity contribution in [2.24, 2.45) is 0 Å². The Morgan fingerprint density at radius 1 is 1.71 bits per heavy atom. The lowest BCUT2D eigenvalue weighted by Gasteiger charge is -1.83. The summed E-state index contributed by atoms with van der Waals surface area (Å²) < 4.78 is 0. The Labute approximate surface area is 43.7 Å². The van der Waals surface area contributed by atoms with Gasteiger partial charge in [0.25, 0.3) is 0 Å². The van der Waals surface area contributed by atoms with Gasteiger partial charge in [-0.2, -0.15) is 0 Å². The highest BCUT2D eigenvalue weighted by molar-refractivity contribution is 5.30. The molecule has 0 spiro atoms. The highest BCUT2D eigenvalue weighted by Crippen LogP contribution is 2.26. The van der Waals surface area contributed by atoms with Crippen LogP contribution in [0.2, 0.25) is 0 Å². The summed E-state index contributed by atoms with van der Waals surface area (Å²) in [5, 5.41) is 3.10. The average molecular weight is 95.1 g/mol. The van der Waals surface area contributed by atoms with Crippen molar-refractivity contribution in [3.8, 4) is 0 Å². The molecule has 1 aliphatic rings. The van der Waals surface area contributed by atoms with Crippen LogP contribution in [-0.4, -0.2) is 5.54 Å². The van der Waals surface area contributed by atoms with E-state index in [0.717, 1.165) is 5.70 Å². The van der Waals surface area contributed by atoms with Crippen molar-refractivity contribution in [1.29, 1.82) is 0 Å².